The van der Waals surface area contributed by atoms with Crippen LogP contribution in [0.3, 0.4) is 0 Å². The quantitative estimate of drug-likeness (QED) is 0.251. The number of carbonyl (C=O) groups excluding carboxylic acids is 3. The first-order valence-electron chi connectivity index (χ1n) is 12.6. The predicted octanol–water partition coefficient (Wildman–Crippen LogP) is 3.83. The van der Waals surface area contributed by atoms with E-state index < -0.39 is 12.0 Å². The molecule has 2 rings (SSSR count). The summed E-state index contributed by atoms with van der Waals surface area (Å²) < 4.78 is 5.41. The molecule has 0 aliphatic rings. The number of rotatable bonds is 17. The van der Waals surface area contributed by atoms with Crippen molar-refractivity contribution < 1.29 is 24.2 Å². The van der Waals surface area contributed by atoms with Crippen molar-refractivity contribution in [2.75, 3.05) is 19.8 Å². The first kappa shape index (κ1) is 29.5. The van der Waals surface area contributed by atoms with Gasteiger partial charge in [0.05, 0.1) is 18.6 Å². The van der Waals surface area contributed by atoms with E-state index in [0.717, 1.165) is 11.1 Å². The molecule has 0 radical (unpaired) electrons. The van der Waals surface area contributed by atoms with E-state index in [-0.39, 0.29) is 50.4 Å². The van der Waals surface area contributed by atoms with E-state index in [2.05, 4.69) is 18.5 Å². The second-order valence-electron chi connectivity index (χ2n) is 8.86. The number of esters is 1. The first-order valence-corrected chi connectivity index (χ1v) is 12.6. The molecule has 0 fully saturated rings. The molecular weight excluding hydrogens is 468 g/mol. The Morgan fingerprint density at radius 1 is 0.973 bits per heavy atom. The lowest BCUT2D eigenvalue weighted by Gasteiger charge is -2.26. The van der Waals surface area contributed by atoms with E-state index in [4.69, 9.17) is 4.74 Å². The lowest BCUT2D eigenvalue weighted by atomic mass is 9.98. The molecule has 0 heterocycles. The molecule has 0 aliphatic carbocycles. The minimum Gasteiger partial charge on any atom is -0.463 e. The Hall–Kier alpha value is -3.71. The SMILES string of the molecule is C=CCCC(=O)OC[C@H](Cc1ccccc1)NC(=O)[C@H](CC=C)CC(=O)N(CCO)Cc1ccccc1. The molecule has 2 aromatic carbocycles. The van der Waals surface area contributed by atoms with Gasteiger partial charge in [-0.05, 0) is 30.4 Å². The summed E-state index contributed by atoms with van der Waals surface area (Å²) in [6.07, 6.45) is 4.78. The van der Waals surface area contributed by atoms with Gasteiger partial charge in [-0.3, -0.25) is 14.4 Å². The van der Waals surface area contributed by atoms with Crippen LogP contribution in [0.15, 0.2) is 86.0 Å². The van der Waals surface area contributed by atoms with Crippen molar-refractivity contribution in [3.8, 4) is 0 Å². The average Bonchev–Trinajstić information content (AvgIpc) is 2.91. The van der Waals surface area contributed by atoms with Crippen LogP contribution < -0.4 is 5.32 Å². The molecular formula is C30H38N2O5. The van der Waals surface area contributed by atoms with Crippen molar-refractivity contribution in [2.45, 2.75) is 44.7 Å². The molecule has 2 aromatic rings. The summed E-state index contributed by atoms with van der Waals surface area (Å²) in [5.74, 6) is -1.53. The normalized spacial score (nSPS) is 12.1. The summed E-state index contributed by atoms with van der Waals surface area (Å²) in [6.45, 7) is 7.74. The number of benzene rings is 2. The number of hydrogen-bond acceptors (Lipinski definition) is 5. The number of aliphatic hydroxyl groups is 1. The van der Waals surface area contributed by atoms with Gasteiger partial charge in [-0.15, -0.1) is 13.2 Å². The number of nitrogens with one attached hydrogen (secondary N) is 1. The average molecular weight is 507 g/mol. The third-order valence-electron chi connectivity index (χ3n) is 5.85. The Morgan fingerprint density at radius 3 is 2.22 bits per heavy atom. The van der Waals surface area contributed by atoms with Crippen LogP contribution in [-0.2, 0) is 32.1 Å². The summed E-state index contributed by atoms with van der Waals surface area (Å²) in [5, 5.41) is 12.5. The highest BCUT2D eigenvalue weighted by molar-refractivity contribution is 5.86. The fraction of sp³-hybridized carbons (Fsp3) is 0.367. The number of allylic oxidation sites excluding steroid dienone is 2. The van der Waals surface area contributed by atoms with Crippen LogP contribution in [0.1, 0.15) is 36.8 Å². The molecule has 2 amide bonds. The van der Waals surface area contributed by atoms with E-state index in [1.165, 1.54) is 0 Å². The highest BCUT2D eigenvalue weighted by Gasteiger charge is 2.26. The van der Waals surface area contributed by atoms with Crippen molar-refractivity contribution in [1.82, 2.24) is 10.2 Å². The molecule has 198 valence electrons. The molecule has 37 heavy (non-hydrogen) atoms. The Bertz CT molecular complexity index is 994. The number of carbonyl (C=O) groups is 3. The number of hydrogen-bond donors (Lipinski definition) is 2. The Morgan fingerprint density at radius 2 is 1.62 bits per heavy atom. The molecule has 7 heteroatoms. The van der Waals surface area contributed by atoms with Crippen LogP contribution in [0, 0.1) is 5.92 Å². The zero-order valence-corrected chi connectivity index (χ0v) is 21.4. The smallest absolute Gasteiger partial charge is 0.306 e. The second-order valence-corrected chi connectivity index (χ2v) is 8.86. The molecule has 0 bridgehead atoms. The molecule has 0 unspecified atom stereocenters. The molecule has 0 saturated carbocycles. The maximum absolute atomic E-state index is 13.3. The van der Waals surface area contributed by atoms with Crippen molar-refractivity contribution in [2.24, 2.45) is 5.92 Å². The molecule has 0 saturated heterocycles. The summed E-state index contributed by atoms with van der Waals surface area (Å²) in [7, 11) is 0. The summed E-state index contributed by atoms with van der Waals surface area (Å²) in [5.41, 5.74) is 1.93. The fourth-order valence-corrected chi connectivity index (χ4v) is 3.90. The van der Waals surface area contributed by atoms with Gasteiger partial charge in [0, 0.05) is 25.9 Å². The van der Waals surface area contributed by atoms with Crippen LogP contribution in [0.25, 0.3) is 0 Å². The van der Waals surface area contributed by atoms with E-state index in [1.807, 2.05) is 60.7 Å². The van der Waals surface area contributed by atoms with E-state index in [9.17, 15) is 19.5 Å². The second kappa shape index (κ2) is 16.9. The fourth-order valence-electron chi connectivity index (χ4n) is 3.90. The van der Waals surface area contributed by atoms with Crippen molar-refractivity contribution in [3.63, 3.8) is 0 Å². The minimum atomic E-state index is -0.642. The number of ether oxygens (including phenoxy) is 1. The predicted molar refractivity (Wildman–Crippen MR) is 144 cm³/mol. The van der Waals surface area contributed by atoms with E-state index in [1.54, 1.807) is 17.1 Å². The van der Waals surface area contributed by atoms with Gasteiger partial charge < -0.3 is 20.1 Å². The third kappa shape index (κ3) is 11.3. The van der Waals surface area contributed by atoms with Crippen LogP contribution in [0.4, 0.5) is 0 Å². The summed E-state index contributed by atoms with van der Waals surface area (Å²) in [4.78, 5) is 40.0. The van der Waals surface area contributed by atoms with E-state index >= 15 is 0 Å². The van der Waals surface area contributed by atoms with Crippen LogP contribution >= 0.6 is 0 Å². The van der Waals surface area contributed by atoms with Crippen molar-refractivity contribution in [3.05, 3.63) is 97.1 Å². The van der Waals surface area contributed by atoms with Gasteiger partial charge in [0.15, 0.2) is 0 Å². The van der Waals surface area contributed by atoms with E-state index in [0.29, 0.717) is 25.8 Å². The van der Waals surface area contributed by atoms with Crippen LogP contribution in [-0.4, -0.2) is 53.6 Å². The van der Waals surface area contributed by atoms with Crippen molar-refractivity contribution in [1.29, 1.82) is 0 Å². The molecule has 0 spiro atoms. The van der Waals surface area contributed by atoms with Gasteiger partial charge >= 0.3 is 5.97 Å². The highest BCUT2D eigenvalue weighted by atomic mass is 16.5. The Balaban J connectivity index is 2.09. The van der Waals surface area contributed by atoms with Gasteiger partial charge in [0.2, 0.25) is 11.8 Å². The Kier molecular flexibility index (Phi) is 13.5. The summed E-state index contributed by atoms with van der Waals surface area (Å²) >= 11 is 0. The first-order chi connectivity index (χ1) is 18.0. The van der Waals surface area contributed by atoms with Gasteiger partial charge in [0.1, 0.15) is 6.61 Å². The number of amides is 2. The van der Waals surface area contributed by atoms with Crippen LogP contribution in [0.5, 0.6) is 0 Å². The van der Waals surface area contributed by atoms with Gasteiger partial charge in [0.25, 0.3) is 0 Å². The Labute approximate surface area is 219 Å². The molecule has 0 aliphatic heterocycles. The van der Waals surface area contributed by atoms with Crippen LogP contribution in [0.2, 0.25) is 0 Å². The van der Waals surface area contributed by atoms with Gasteiger partial charge in [-0.25, -0.2) is 0 Å². The maximum Gasteiger partial charge on any atom is 0.306 e. The minimum absolute atomic E-state index is 0.0238. The number of aliphatic hydroxyl groups excluding tert-OH is 1. The molecule has 2 N–H and O–H groups in total. The summed E-state index contributed by atoms with van der Waals surface area (Å²) in [6, 6.07) is 18.7. The molecule has 2 atom stereocenters. The molecule has 0 aromatic heterocycles. The molecule has 7 nitrogen and oxygen atoms in total. The van der Waals surface area contributed by atoms with Crippen molar-refractivity contribution >= 4 is 17.8 Å². The standard InChI is InChI=1S/C30H38N2O5/c1-3-5-17-29(35)37-23-27(20-24-13-8-6-9-14-24)31-30(36)26(12-4-2)21-28(34)32(18-19-33)22-25-15-10-7-11-16-25/h3-4,6-11,13-16,26-27,33H,1-2,5,12,17-23H2,(H,31,36)/t26-,27+/m1/s1. The lowest BCUT2D eigenvalue weighted by molar-refractivity contribution is -0.145. The zero-order valence-electron chi connectivity index (χ0n) is 21.4. The highest BCUT2D eigenvalue weighted by Crippen LogP contribution is 2.15. The van der Waals surface area contributed by atoms with Gasteiger partial charge in [-0.2, -0.15) is 0 Å². The maximum atomic E-state index is 13.3. The monoisotopic (exact) mass is 506 g/mol. The topological polar surface area (TPSA) is 95.9 Å². The van der Waals surface area contributed by atoms with Gasteiger partial charge in [-0.1, -0.05) is 72.8 Å². The largest absolute Gasteiger partial charge is 0.463 e. The third-order valence-corrected chi connectivity index (χ3v) is 5.85. The zero-order chi connectivity index (χ0) is 26.9. The lowest BCUT2D eigenvalue weighted by Crippen LogP contribution is -2.44. The number of nitrogens with zero attached hydrogens (tertiary/aromatic N) is 1.